The third-order valence-electron chi connectivity index (χ3n) is 3.59. The van der Waals surface area contributed by atoms with E-state index >= 15 is 0 Å². The molecule has 1 saturated heterocycles. The molecule has 2 fully saturated rings. The first kappa shape index (κ1) is 12.6. The standard InChI is InChI=1S/C11H18F3NS/c1-8-6-15-10(16-7-8)4-2-3-9(5-10)11(12,13)14/h8-9,15H,2-7H2,1H3. The summed E-state index contributed by atoms with van der Waals surface area (Å²) in [4.78, 5) is -0.287. The first-order valence-electron chi connectivity index (χ1n) is 5.87. The van der Waals surface area contributed by atoms with Crippen molar-refractivity contribution in [2.24, 2.45) is 11.8 Å². The van der Waals surface area contributed by atoms with E-state index in [2.05, 4.69) is 12.2 Å². The van der Waals surface area contributed by atoms with Gasteiger partial charge in [0.15, 0.2) is 0 Å². The van der Waals surface area contributed by atoms with Crippen molar-refractivity contribution in [1.29, 1.82) is 0 Å². The Balaban J connectivity index is 2.01. The fourth-order valence-electron chi connectivity index (χ4n) is 2.58. The van der Waals surface area contributed by atoms with E-state index in [1.807, 2.05) is 0 Å². The number of alkyl halides is 3. The largest absolute Gasteiger partial charge is 0.391 e. The van der Waals surface area contributed by atoms with Crippen LogP contribution in [0.1, 0.15) is 32.6 Å². The van der Waals surface area contributed by atoms with Crippen LogP contribution in [0.25, 0.3) is 0 Å². The minimum atomic E-state index is -4.02. The highest BCUT2D eigenvalue weighted by Gasteiger charge is 2.48. The van der Waals surface area contributed by atoms with Crippen LogP contribution in [0, 0.1) is 11.8 Å². The SMILES string of the molecule is CC1CNC2(CCCC(C(F)(F)F)C2)SC1. The molecule has 1 saturated carbocycles. The lowest BCUT2D eigenvalue weighted by Crippen LogP contribution is -2.53. The van der Waals surface area contributed by atoms with Gasteiger partial charge in [-0.1, -0.05) is 13.3 Å². The molecular formula is C11H18F3NS. The third kappa shape index (κ3) is 2.67. The van der Waals surface area contributed by atoms with E-state index in [-0.39, 0.29) is 11.3 Å². The van der Waals surface area contributed by atoms with Gasteiger partial charge in [-0.3, -0.25) is 0 Å². The molecule has 0 aromatic rings. The molecule has 3 atom stereocenters. The average molecular weight is 253 g/mol. The van der Waals surface area contributed by atoms with E-state index in [9.17, 15) is 13.2 Å². The summed E-state index contributed by atoms with van der Waals surface area (Å²) < 4.78 is 38.2. The topological polar surface area (TPSA) is 12.0 Å². The molecule has 5 heteroatoms. The van der Waals surface area contributed by atoms with Gasteiger partial charge < -0.3 is 5.32 Å². The zero-order valence-corrected chi connectivity index (χ0v) is 10.3. The summed E-state index contributed by atoms with van der Waals surface area (Å²) >= 11 is 1.70. The van der Waals surface area contributed by atoms with Crippen LogP contribution in [-0.4, -0.2) is 23.3 Å². The summed E-state index contributed by atoms with van der Waals surface area (Å²) in [7, 11) is 0. The molecule has 0 aromatic carbocycles. The zero-order chi connectivity index (χ0) is 11.8. The molecule has 16 heavy (non-hydrogen) atoms. The van der Waals surface area contributed by atoms with Gasteiger partial charge in [0.2, 0.25) is 0 Å². The predicted molar refractivity (Wildman–Crippen MR) is 60.4 cm³/mol. The second kappa shape index (κ2) is 4.41. The molecule has 0 amide bonds. The van der Waals surface area contributed by atoms with Gasteiger partial charge in [-0.15, -0.1) is 11.8 Å². The maximum atomic E-state index is 12.7. The van der Waals surface area contributed by atoms with E-state index in [4.69, 9.17) is 0 Å². The number of hydrogen-bond donors (Lipinski definition) is 1. The highest BCUT2D eigenvalue weighted by Crippen LogP contribution is 2.47. The van der Waals surface area contributed by atoms with E-state index < -0.39 is 12.1 Å². The van der Waals surface area contributed by atoms with Gasteiger partial charge in [-0.25, -0.2) is 0 Å². The first-order chi connectivity index (χ1) is 7.41. The van der Waals surface area contributed by atoms with Gasteiger partial charge in [0, 0.05) is 0 Å². The van der Waals surface area contributed by atoms with Crippen LogP contribution in [-0.2, 0) is 0 Å². The van der Waals surface area contributed by atoms with Crippen LogP contribution < -0.4 is 5.32 Å². The van der Waals surface area contributed by atoms with Gasteiger partial charge in [0.25, 0.3) is 0 Å². The normalized spacial score (nSPS) is 41.2. The molecule has 1 aliphatic heterocycles. The summed E-state index contributed by atoms with van der Waals surface area (Å²) in [5.41, 5.74) is 0. The van der Waals surface area contributed by atoms with Crippen molar-refractivity contribution < 1.29 is 13.2 Å². The molecule has 1 heterocycles. The third-order valence-corrected chi connectivity index (χ3v) is 5.39. The molecule has 1 aliphatic carbocycles. The summed E-state index contributed by atoms with van der Waals surface area (Å²) in [5, 5.41) is 3.35. The van der Waals surface area contributed by atoms with Crippen LogP contribution in [0.3, 0.4) is 0 Å². The molecule has 2 rings (SSSR count). The number of hydrogen-bond acceptors (Lipinski definition) is 2. The molecule has 1 spiro atoms. The van der Waals surface area contributed by atoms with Crippen molar-refractivity contribution in [2.75, 3.05) is 12.3 Å². The van der Waals surface area contributed by atoms with Gasteiger partial charge in [0.05, 0.1) is 10.8 Å². The molecule has 0 bridgehead atoms. The molecular weight excluding hydrogens is 235 g/mol. The number of rotatable bonds is 0. The van der Waals surface area contributed by atoms with E-state index in [1.165, 1.54) is 0 Å². The van der Waals surface area contributed by atoms with Crippen LogP contribution in [0.4, 0.5) is 13.2 Å². The number of halogens is 3. The Morgan fingerprint density at radius 2 is 2.12 bits per heavy atom. The van der Waals surface area contributed by atoms with Crippen molar-refractivity contribution in [3.63, 3.8) is 0 Å². The first-order valence-corrected chi connectivity index (χ1v) is 6.86. The Morgan fingerprint density at radius 1 is 1.38 bits per heavy atom. The lowest BCUT2D eigenvalue weighted by molar-refractivity contribution is -0.185. The Hall–Kier alpha value is 0.100. The van der Waals surface area contributed by atoms with Crippen molar-refractivity contribution in [3.8, 4) is 0 Å². The lowest BCUT2D eigenvalue weighted by Gasteiger charge is -2.45. The molecule has 1 N–H and O–H groups in total. The van der Waals surface area contributed by atoms with Crippen molar-refractivity contribution in [1.82, 2.24) is 5.32 Å². The molecule has 2 aliphatic rings. The summed E-state index contributed by atoms with van der Waals surface area (Å²) in [6, 6.07) is 0. The second-order valence-corrected chi connectivity index (χ2v) is 6.53. The molecule has 0 aromatic heterocycles. The van der Waals surface area contributed by atoms with Crippen molar-refractivity contribution in [3.05, 3.63) is 0 Å². The summed E-state index contributed by atoms with van der Waals surface area (Å²) in [5.74, 6) is 0.453. The van der Waals surface area contributed by atoms with Gasteiger partial charge in [-0.05, 0) is 37.5 Å². The fraction of sp³-hybridized carbons (Fsp3) is 1.00. The number of nitrogens with one attached hydrogen (secondary N) is 1. The van der Waals surface area contributed by atoms with Crippen LogP contribution in [0.15, 0.2) is 0 Å². The number of thioether (sulfide) groups is 1. The minimum Gasteiger partial charge on any atom is -0.302 e. The maximum absolute atomic E-state index is 12.7. The van der Waals surface area contributed by atoms with Crippen molar-refractivity contribution >= 4 is 11.8 Å². The van der Waals surface area contributed by atoms with Crippen LogP contribution >= 0.6 is 11.8 Å². The average Bonchev–Trinajstić information content (AvgIpc) is 2.22. The van der Waals surface area contributed by atoms with Gasteiger partial charge in [0.1, 0.15) is 0 Å². The molecule has 3 unspecified atom stereocenters. The zero-order valence-electron chi connectivity index (χ0n) is 9.44. The monoisotopic (exact) mass is 253 g/mol. The van der Waals surface area contributed by atoms with E-state index in [0.717, 1.165) is 18.7 Å². The lowest BCUT2D eigenvalue weighted by atomic mass is 9.84. The van der Waals surface area contributed by atoms with Crippen LogP contribution in [0.5, 0.6) is 0 Å². The molecule has 1 nitrogen and oxygen atoms in total. The Morgan fingerprint density at radius 3 is 2.69 bits per heavy atom. The highest BCUT2D eigenvalue weighted by atomic mass is 32.2. The quantitative estimate of drug-likeness (QED) is 0.710. The van der Waals surface area contributed by atoms with E-state index in [1.54, 1.807) is 11.8 Å². The van der Waals surface area contributed by atoms with Crippen LogP contribution in [0.2, 0.25) is 0 Å². The Kier molecular flexibility index (Phi) is 3.46. The Bertz CT molecular complexity index is 246. The molecule has 94 valence electrons. The van der Waals surface area contributed by atoms with Gasteiger partial charge >= 0.3 is 6.18 Å². The summed E-state index contributed by atoms with van der Waals surface area (Å²) in [6.07, 6.45) is -1.87. The fourth-order valence-corrected chi connectivity index (χ4v) is 4.09. The minimum absolute atomic E-state index is 0.258. The maximum Gasteiger partial charge on any atom is 0.391 e. The predicted octanol–water partition coefficient (Wildman–Crippen LogP) is 3.41. The summed E-state index contributed by atoms with van der Waals surface area (Å²) in [6.45, 7) is 2.99. The second-order valence-electron chi connectivity index (χ2n) is 5.13. The Labute approximate surface area is 98.5 Å². The smallest absolute Gasteiger partial charge is 0.302 e. The molecule has 0 radical (unpaired) electrons. The van der Waals surface area contributed by atoms with E-state index in [0.29, 0.717) is 18.8 Å². The van der Waals surface area contributed by atoms with Crippen molar-refractivity contribution in [2.45, 2.75) is 43.7 Å². The van der Waals surface area contributed by atoms with Gasteiger partial charge in [-0.2, -0.15) is 13.2 Å². The highest BCUT2D eigenvalue weighted by molar-refractivity contribution is 8.00.